The fourth-order valence-electron chi connectivity index (χ4n) is 1.80. The highest BCUT2D eigenvalue weighted by Gasteiger charge is 2.39. The molecule has 0 aromatic rings. The smallest absolute Gasteiger partial charge is 0.0563 e. The van der Waals surface area contributed by atoms with Gasteiger partial charge in [0.15, 0.2) is 0 Å². The van der Waals surface area contributed by atoms with Crippen LogP contribution < -0.4 is 5.32 Å². The minimum atomic E-state index is -0.500. The van der Waals surface area contributed by atoms with Crippen molar-refractivity contribution in [2.45, 2.75) is 39.2 Å². The maximum Gasteiger partial charge on any atom is 0.0563 e. The van der Waals surface area contributed by atoms with Gasteiger partial charge in [-0.05, 0) is 39.0 Å². The number of aliphatic hydroxyl groups is 1. The molecule has 3 N–H and O–H groups in total. The zero-order valence-electron chi connectivity index (χ0n) is 10.1. The Morgan fingerprint density at radius 2 is 1.53 bits per heavy atom. The van der Waals surface area contributed by atoms with E-state index in [1.165, 1.54) is 18.2 Å². The summed E-state index contributed by atoms with van der Waals surface area (Å²) in [6.07, 6.45) is 2.33. The topological polar surface area (TPSA) is 55.7 Å². The molecule has 15 heavy (non-hydrogen) atoms. The van der Waals surface area contributed by atoms with Crippen molar-refractivity contribution in [1.29, 1.82) is 0 Å². The minimum absolute atomic E-state index is 0.500. The molecule has 2 heterocycles. The predicted octanol–water partition coefficient (Wildman–Crippen LogP) is 0.838. The van der Waals surface area contributed by atoms with Crippen LogP contribution in [0.5, 0.6) is 0 Å². The van der Waals surface area contributed by atoms with Crippen molar-refractivity contribution in [2.24, 2.45) is 5.41 Å². The number of nitrogens with one attached hydrogen (secondary N) is 1. The Labute approximate surface area is 92.2 Å². The Morgan fingerprint density at radius 1 is 1.13 bits per heavy atom. The number of hydrogen-bond donors (Lipinski definition) is 3. The van der Waals surface area contributed by atoms with Crippen LogP contribution in [-0.4, -0.2) is 47.2 Å². The summed E-state index contributed by atoms with van der Waals surface area (Å²) in [4.78, 5) is 0. The van der Waals surface area contributed by atoms with Gasteiger partial charge in [0.25, 0.3) is 0 Å². The van der Waals surface area contributed by atoms with E-state index in [1.54, 1.807) is 20.8 Å². The van der Waals surface area contributed by atoms with Crippen molar-refractivity contribution in [3.05, 3.63) is 0 Å². The molecule has 90 valence electrons. The minimum Gasteiger partial charge on any atom is -0.391 e. The monoisotopic (exact) mass is 216 g/mol. The number of piperidine rings is 1. The third kappa shape index (κ3) is 4.93. The van der Waals surface area contributed by atoms with Crippen molar-refractivity contribution in [2.75, 3.05) is 26.2 Å². The highest BCUT2D eigenvalue weighted by atomic mass is 16.5. The highest BCUT2D eigenvalue weighted by molar-refractivity contribution is 4.94. The molecule has 0 aromatic carbocycles. The fraction of sp³-hybridized carbons (Fsp3) is 1.00. The lowest BCUT2D eigenvalue weighted by molar-refractivity contribution is -0.133. The molecular weight excluding hydrogens is 192 g/mol. The zero-order chi connectivity index (χ0) is 11.5. The van der Waals surface area contributed by atoms with Crippen LogP contribution in [0.1, 0.15) is 33.6 Å². The van der Waals surface area contributed by atoms with Crippen molar-refractivity contribution < 1.29 is 10.3 Å². The largest absolute Gasteiger partial charge is 0.391 e. The molecule has 2 saturated heterocycles. The average Bonchev–Trinajstić information content (AvgIpc) is 2.00. The molecule has 0 aliphatic carbocycles. The molecule has 4 heteroatoms. The van der Waals surface area contributed by atoms with E-state index in [0.29, 0.717) is 5.41 Å². The summed E-state index contributed by atoms with van der Waals surface area (Å²) in [5, 5.41) is 22.3. The van der Waals surface area contributed by atoms with Crippen molar-refractivity contribution in [3.8, 4) is 0 Å². The fourth-order valence-corrected chi connectivity index (χ4v) is 1.80. The summed E-state index contributed by atoms with van der Waals surface area (Å²) < 4.78 is 0. The first-order valence-corrected chi connectivity index (χ1v) is 5.68. The second-order valence-corrected chi connectivity index (χ2v) is 5.73. The van der Waals surface area contributed by atoms with Gasteiger partial charge in [0.05, 0.1) is 5.60 Å². The van der Waals surface area contributed by atoms with E-state index in [-0.39, 0.29) is 0 Å². The third-order valence-electron chi connectivity index (χ3n) is 2.80. The molecule has 2 aliphatic heterocycles. The molecule has 1 spiro atoms. The molecular formula is C11H24N2O2. The third-order valence-corrected chi connectivity index (χ3v) is 2.80. The summed E-state index contributed by atoms with van der Waals surface area (Å²) in [6.45, 7) is 9.29. The molecule has 0 amide bonds. The van der Waals surface area contributed by atoms with E-state index >= 15 is 0 Å². The Kier molecular flexibility index (Phi) is 4.12. The molecule has 0 bridgehead atoms. The second kappa shape index (κ2) is 4.78. The van der Waals surface area contributed by atoms with Crippen LogP contribution in [0.4, 0.5) is 0 Å². The predicted molar refractivity (Wildman–Crippen MR) is 59.9 cm³/mol. The Hall–Kier alpha value is -0.160. The summed E-state index contributed by atoms with van der Waals surface area (Å²) in [5.74, 6) is 0. The summed E-state index contributed by atoms with van der Waals surface area (Å²) in [6, 6.07) is 0. The second-order valence-electron chi connectivity index (χ2n) is 5.73. The van der Waals surface area contributed by atoms with Gasteiger partial charge in [-0.15, -0.1) is 0 Å². The number of rotatable bonds is 0. The Balaban J connectivity index is 0.000000195. The summed E-state index contributed by atoms with van der Waals surface area (Å²) in [5.41, 5.74) is 0.0687. The van der Waals surface area contributed by atoms with Gasteiger partial charge in [-0.3, -0.25) is 0 Å². The molecule has 2 fully saturated rings. The molecule has 0 saturated carbocycles. The first-order chi connectivity index (χ1) is 6.81. The summed E-state index contributed by atoms with van der Waals surface area (Å²) >= 11 is 0. The maximum atomic E-state index is 9.07. The van der Waals surface area contributed by atoms with Gasteiger partial charge < -0.3 is 15.6 Å². The highest BCUT2D eigenvalue weighted by Crippen LogP contribution is 2.34. The van der Waals surface area contributed by atoms with Gasteiger partial charge in [0, 0.05) is 26.2 Å². The first-order valence-electron chi connectivity index (χ1n) is 5.68. The number of hydrogen-bond acceptors (Lipinski definition) is 4. The van der Waals surface area contributed by atoms with E-state index < -0.39 is 5.60 Å². The van der Waals surface area contributed by atoms with Crippen LogP contribution in [0.25, 0.3) is 0 Å². The van der Waals surface area contributed by atoms with E-state index in [1.807, 2.05) is 0 Å². The van der Waals surface area contributed by atoms with Crippen LogP contribution in [0, 0.1) is 5.41 Å². The van der Waals surface area contributed by atoms with Gasteiger partial charge in [0.2, 0.25) is 0 Å². The molecule has 2 rings (SSSR count). The number of hydroxylamine groups is 2. The maximum absolute atomic E-state index is 9.07. The van der Waals surface area contributed by atoms with Crippen molar-refractivity contribution in [1.82, 2.24) is 10.4 Å². The summed E-state index contributed by atoms with van der Waals surface area (Å²) in [7, 11) is 0. The lowest BCUT2D eigenvalue weighted by Gasteiger charge is -2.47. The van der Waals surface area contributed by atoms with Crippen molar-refractivity contribution in [3.63, 3.8) is 0 Å². The SMILES string of the molecule is CC(C)(C)O.ON1CCC2(CC1)CNC2. The lowest BCUT2D eigenvalue weighted by atomic mass is 9.74. The van der Waals surface area contributed by atoms with Gasteiger partial charge in [-0.1, -0.05) is 0 Å². The van der Waals surface area contributed by atoms with Crippen LogP contribution in [-0.2, 0) is 0 Å². The van der Waals surface area contributed by atoms with Gasteiger partial charge >= 0.3 is 0 Å². The molecule has 0 atom stereocenters. The van der Waals surface area contributed by atoms with E-state index in [2.05, 4.69) is 5.32 Å². The van der Waals surface area contributed by atoms with E-state index in [9.17, 15) is 0 Å². The first kappa shape index (κ1) is 12.9. The van der Waals surface area contributed by atoms with Crippen LogP contribution in [0.3, 0.4) is 0 Å². The molecule has 4 nitrogen and oxygen atoms in total. The van der Waals surface area contributed by atoms with E-state index in [0.717, 1.165) is 25.9 Å². The normalized spacial score (nSPS) is 25.4. The van der Waals surface area contributed by atoms with Crippen molar-refractivity contribution >= 4 is 0 Å². The quantitative estimate of drug-likeness (QED) is 0.561. The molecule has 0 unspecified atom stereocenters. The molecule has 2 aliphatic rings. The molecule has 0 radical (unpaired) electrons. The lowest BCUT2D eigenvalue weighted by Crippen LogP contribution is -2.57. The zero-order valence-corrected chi connectivity index (χ0v) is 10.1. The Morgan fingerprint density at radius 3 is 1.80 bits per heavy atom. The van der Waals surface area contributed by atoms with E-state index in [4.69, 9.17) is 10.3 Å². The van der Waals surface area contributed by atoms with Crippen LogP contribution in [0.15, 0.2) is 0 Å². The van der Waals surface area contributed by atoms with Crippen LogP contribution in [0.2, 0.25) is 0 Å². The Bertz CT molecular complexity index is 181. The average molecular weight is 216 g/mol. The number of nitrogens with zero attached hydrogens (tertiary/aromatic N) is 1. The van der Waals surface area contributed by atoms with Gasteiger partial charge in [0.1, 0.15) is 0 Å². The standard InChI is InChI=1S/C7H14N2O.C4H10O/c10-9-3-1-7(2-4-9)5-8-6-7;1-4(2,3)5/h8,10H,1-6H2;5H,1-3H3. The van der Waals surface area contributed by atoms with Gasteiger partial charge in [-0.2, -0.15) is 5.06 Å². The van der Waals surface area contributed by atoms with Gasteiger partial charge in [-0.25, -0.2) is 0 Å². The molecule has 0 aromatic heterocycles. The van der Waals surface area contributed by atoms with Crippen LogP contribution >= 0.6 is 0 Å².